The highest BCUT2D eigenvalue weighted by Gasteiger charge is 2.13. The van der Waals surface area contributed by atoms with Gasteiger partial charge in [-0.05, 0) is 24.6 Å². The number of phenols is 1. The Morgan fingerprint density at radius 3 is 3.00 bits per heavy atom. The van der Waals surface area contributed by atoms with Crippen molar-refractivity contribution in [2.45, 2.75) is 25.8 Å². The minimum absolute atomic E-state index is 0.164. The van der Waals surface area contributed by atoms with Crippen molar-refractivity contribution >= 4 is 27.3 Å². The third kappa shape index (κ3) is 4.03. The number of hydrogen-bond acceptors (Lipinski definition) is 4. The Hall–Kier alpha value is -0.910. The van der Waals surface area contributed by atoms with E-state index in [2.05, 4.69) is 33.2 Å². The van der Waals surface area contributed by atoms with Gasteiger partial charge in [-0.3, -0.25) is 0 Å². The Balaban J connectivity index is 1.97. The van der Waals surface area contributed by atoms with E-state index >= 15 is 0 Å². The smallest absolute Gasteiger partial charge is 0.120 e. The van der Waals surface area contributed by atoms with E-state index < -0.39 is 0 Å². The summed E-state index contributed by atoms with van der Waals surface area (Å²) >= 11 is 5.12. The van der Waals surface area contributed by atoms with E-state index in [-0.39, 0.29) is 6.04 Å². The topological polar surface area (TPSA) is 45.2 Å². The molecule has 3 nitrogen and oxygen atoms in total. The van der Waals surface area contributed by atoms with Gasteiger partial charge in [-0.2, -0.15) is 0 Å². The van der Waals surface area contributed by atoms with Crippen LogP contribution in [0.25, 0.3) is 0 Å². The second kappa shape index (κ2) is 7.03. The van der Waals surface area contributed by atoms with Crippen LogP contribution in [0.4, 0.5) is 0 Å². The highest BCUT2D eigenvalue weighted by molar-refractivity contribution is 9.10. The molecule has 5 heteroatoms. The molecular formula is C14H17BrN2OS. The first-order valence-electron chi connectivity index (χ1n) is 6.31. The van der Waals surface area contributed by atoms with E-state index in [0.717, 1.165) is 34.4 Å². The van der Waals surface area contributed by atoms with Crippen LogP contribution in [0.15, 0.2) is 34.2 Å². The van der Waals surface area contributed by atoms with Crippen molar-refractivity contribution in [2.24, 2.45) is 0 Å². The number of aromatic nitrogens is 1. The summed E-state index contributed by atoms with van der Waals surface area (Å²) < 4.78 is 0.987. The lowest BCUT2D eigenvalue weighted by atomic mass is 10.0. The molecule has 0 amide bonds. The van der Waals surface area contributed by atoms with Gasteiger partial charge in [0.1, 0.15) is 5.75 Å². The number of thiazole rings is 1. The summed E-state index contributed by atoms with van der Waals surface area (Å²) in [7, 11) is 0. The van der Waals surface area contributed by atoms with Gasteiger partial charge in [0.25, 0.3) is 0 Å². The van der Waals surface area contributed by atoms with E-state index in [1.807, 2.05) is 23.7 Å². The molecule has 0 aliphatic rings. The molecule has 1 heterocycles. The number of benzene rings is 1. The molecule has 0 spiro atoms. The van der Waals surface area contributed by atoms with Gasteiger partial charge in [-0.1, -0.05) is 22.9 Å². The summed E-state index contributed by atoms with van der Waals surface area (Å²) in [6, 6.07) is 5.71. The van der Waals surface area contributed by atoms with Gasteiger partial charge in [0.15, 0.2) is 0 Å². The Kier molecular flexibility index (Phi) is 5.36. The average Bonchev–Trinajstić information content (AvgIpc) is 2.91. The molecule has 2 aromatic rings. The van der Waals surface area contributed by atoms with Gasteiger partial charge < -0.3 is 10.4 Å². The van der Waals surface area contributed by atoms with E-state index in [9.17, 15) is 5.11 Å². The van der Waals surface area contributed by atoms with Crippen molar-refractivity contribution in [1.82, 2.24) is 10.3 Å². The van der Waals surface area contributed by atoms with E-state index in [1.54, 1.807) is 17.4 Å². The van der Waals surface area contributed by atoms with Crippen molar-refractivity contribution in [3.05, 3.63) is 44.8 Å². The Morgan fingerprint density at radius 1 is 1.47 bits per heavy atom. The molecule has 2 N–H and O–H groups in total. The zero-order chi connectivity index (χ0) is 13.7. The summed E-state index contributed by atoms with van der Waals surface area (Å²) in [6.45, 7) is 2.97. The van der Waals surface area contributed by atoms with Crippen LogP contribution in [0.2, 0.25) is 0 Å². The lowest BCUT2D eigenvalue weighted by Gasteiger charge is -2.18. The summed E-state index contributed by atoms with van der Waals surface area (Å²) in [5.74, 6) is 0.344. The summed E-state index contributed by atoms with van der Waals surface area (Å²) in [5, 5.41) is 16.6. The largest absolute Gasteiger partial charge is 0.508 e. The van der Waals surface area contributed by atoms with Crippen LogP contribution in [0.3, 0.4) is 0 Å². The first kappa shape index (κ1) is 14.5. The highest BCUT2D eigenvalue weighted by Crippen LogP contribution is 2.29. The second-order valence-electron chi connectivity index (χ2n) is 4.29. The third-order valence-electron chi connectivity index (χ3n) is 2.99. The maximum Gasteiger partial charge on any atom is 0.120 e. The van der Waals surface area contributed by atoms with Crippen molar-refractivity contribution < 1.29 is 5.11 Å². The molecule has 0 aliphatic carbocycles. The summed E-state index contributed by atoms with van der Waals surface area (Å²) in [4.78, 5) is 4.26. The molecular weight excluding hydrogens is 324 g/mol. The maximum atomic E-state index is 9.95. The quantitative estimate of drug-likeness (QED) is 0.838. The Bertz CT molecular complexity index is 516. The van der Waals surface area contributed by atoms with Gasteiger partial charge in [0.05, 0.1) is 5.01 Å². The number of aromatic hydroxyl groups is 1. The van der Waals surface area contributed by atoms with Crippen molar-refractivity contribution in [3.63, 3.8) is 0 Å². The summed E-state index contributed by atoms with van der Waals surface area (Å²) in [5.41, 5.74) is 0.941. The van der Waals surface area contributed by atoms with Crippen molar-refractivity contribution in [3.8, 4) is 5.75 Å². The lowest BCUT2D eigenvalue weighted by Crippen LogP contribution is -2.23. The fraction of sp³-hybridized carbons (Fsp3) is 0.357. The molecule has 0 fully saturated rings. The first-order chi connectivity index (χ1) is 9.20. The minimum atomic E-state index is 0.164. The molecule has 1 aromatic heterocycles. The van der Waals surface area contributed by atoms with E-state index in [0.29, 0.717) is 5.75 Å². The molecule has 102 valence electrons. The van der Waals surface area contributed by atoms with Crippen LogP contribution >= 0.6 is 27.3 Å². The van der Waals surface area contributed by atoms with Crippen LogP contribution in [0.5, 0.6) is 5.75 Å². The van der Waals surface area contributed by atoms with Crippen LogP contribution in [0.1, 0.15) is 30.0 Å². The minimum Gasteiger partial charge on any atom is -0.508 e. The summed E-state index contributed by atoms with van der Waals surface area (Å²) in [6.07, 6.45) is 3.68. The number of halogens is 1. The van der Waals surface area contributed by atoms with Gasteiger partial charge in [-0.15, -0.1) is 11.3 Å². The van der Waals surface area contributed by atoms with Gasteiger partial charge in [0, 0.05) is 40.6 Å². The molecule has 2 rings (SSSR count). The predicted molar refractivity (Wildman–Crippen MR) is 82.7 cm³/mol. The lowest BCUT2D eigenvalue weighted by molar-refractivity contribution is 0.442. The average molecular weight is 341 g/mol. The molecule has 0 saturated carbocycles. The van der Waals surface area contributed by atoms with Gasteiger partial charge in [-0.25, -0.2) is 4.98 Å². The molecule has 1 aromatic carbocycles. The Labute approximate surface area is 125 Å². The SMILES string of the molecule is CCC(NCCc1nccs1)c1cc(Br)ccc1O. The number of nitrogens with one attached hydrogen (secondary N) is 1. The van der Waals surface area contributed by atoms with Gasteiger partial charge >= 0.3 is 0 Å². The molecule has 1 atom stereocenters. The molecule has 19 heavy (non-hydrogen) atoms. The third-order valence-corrected chi connectivity index (χ3v) is 4.32. The number of phenolic OH excluding ortho intramolecular Hbond substituents is 1. The van der Waals surface area contributed by atoms with Crippen LogP contribution in [-0.2, 0) is 6.42 Å². The standard InChI is InChI=1S/C14H17BrN2OS/c1-2-12(11-9-10(15)3-4-13(11)18)16-6-5-14-17-7-8-19-14/h3-4,7-9,12,16,18H,2,5-6H2,1H3. The normalized spacial score (nSPS) is 12.5. The molecule has 0 aliphatic heterocycles. The van der Waals surface area contributed by atoms with Crippen LogP contribution in [-0.4, -0.2) is 16.6 Å². The molecule has 0 saturated heterocycles. The molecule has 0 bridgehead atoms. The van der Waals surface area contributed by atoms with Crippen LogP contribution < -0.4 is 5.32 Å². The number of rotatable bonds is 6. The monoisotopic (exact) mass is 340 g/mol. The van der Waals surface area contributed by atoms with Crippen molar-refractivity contribution in [1.29, 1.82) is 0 Å². The first-order valence-corrected chi connectivity index (χ1v) is 7.98. The Morgan fingerprint density at radius 2 is 2.32 bits per heavy atom. The zero-order valence-corrected chi connectivity index (χ0v) is 13.2. The highest BCUT2D eigenvalue weighted by atomic mass is 79.9. The zero-order valence-electron chi connectivity index (χ0n) is 10.8. The van der Waals surface area contributed by atoms with Crippen LogP contribution in [0, 0.1) is 0 Å². The van der Waals surface area contributed by atoms with E-state index in [1.165, 1.54) is 0 Å². The molecule has 1 unspecified atom stereocenters. The van der Waals surface area contributed by atoms with Gasteiger partial charge in [0.2, 0.25) is 0 Å². The second-order valence-corrected chi connectivity index (χ2v) is 6.19. The molecule has 0 radical (unpaired) electrons. The fourth-order valence-electron chi connectivity index (χ4n) is 2.01. The fourth-order valence-corrected chi connectivity index (χ4v) is 3.01. The maximum absolute atomic E-state index is 9.95. The number of nitrogens with zero attached hydrogens (tertiary/aromatic N) is 1. The van der Waals surface area contributed by atoms with Crippen molar-refractivity contribution in [2.75, 3.05) is 6.54 Å². The predicted octanol–water partition coefficient (Wildman–Crippen LogP) is 3.89. The number of hydrogen-bond donors (Lipinski definition) is 2. The van der Waals surface area contributed by atoms with E-state index in [4.69, 9.17) is 0 Å².